The van der Waals surface area contributed by atoms with E-state index in [4.69, 9.17) is 0 Å². The monoisotopic (exact) mass is 243 g/mol. The fourth-order valence-corrected chi connectivity index (χ4v) is 2.10. The lowest BCUT2D eigenvalue weighted by Gasteiger charge is -2.35. The number of pyridine rings is 1. The van der Waals surface area contributed by atoms with Crippen molar-refractivity contribution in [2.45, 2.75) is 33.4 Å². The first kappa shape index (κ1) is 12.5. The predicted molar refractivity (Wildman–Crippen MR) is 73.2 cm³/mol. The molecule has 4 nitrogen and oxygen atoms in total. The van der Waals surface area contributed by atoms with Crippen molar-refractivity contribution in [3.05, 3.63) is 52.2 Å². The van der Waals surface area contributed by atoms with Crippen LogP contribution in [0.4, 0.5) is 5.82 Å². The van der Waals surface area contributed by atoms with Crippen molar-refractivity contribution >= 4 is 5.82 Å². The molecule has 4 heteroatoms. The first-order valence-corrected chi connectivity index (χ1v) is 5.94. The highest BCUT2D eigenvalue weighted by atomic mass is 16.3. The molecule has 0 fully saturated rings. The topological polar surface area (TPSA) is 45.6 Å². The van der Waals surface area contributed by atoms with Gasteiger partial charge in [-0.15, -0.1) is 4.91 Å². The van der Waals surface area contributed by atoms with E-state index < -0.39 is 6.17 Å². The molecule has 1 aromatic heterocycles. The van der Waals surface area contributed by atoms with Crippen molar-refractivity contribution in [1.82, 2.24) is 4.98 Å². The van der Waals surface area contributed by atoms with Crippen LogP contribution >= 0.6 is 0 Å². The average molecular weight is 243 g/mol. The smallest absolute Gasteiger partial charge is 0.172 e. The van der Waals surface area contributed by atoms with Crippen molar-refractivity contribution in [1.29, 1.82) is 0 Å². The summed E-state index contributed by atoms with van der Waals surface area (Å²) in [6.07, 6.45) is 1.96. The second kappa shape index (κ2) is 4.72. The number of aryl methyl sites for hydroxylation is 1. The molecule has 0 saturated carbocycles. The molecule has 1 atom stereocenters. The first-order valence-electron chi connectivity index (χ1n) is 5.94. The summed E-state index contributed by atoms with van der Waals surface area (Å²) < 4.78 is 0. The van der Waals surface area contributed by atoms with Gasteiger partial charge in [0.05, 0.1) is 0 Å². The fraction of sp³-hybridized carbons (Fsp3) is 0.357. The molecule has 1 aromatic rings. The standard InChI is InChI=1S/C14H17N3O/c1-9-5-6-13(15-8-9)17-12(4)11(3)10(2)7-14(17)16-18/h5-6,8,14H,4,7H2,1-3H3/t14-/m1/s1. The highest BCUT2D eigenvalue weighted by Crippen LogP contribution is 2.33. The van der Waals surface area contributed by atoms with Crippen molar-refractivity contribution in [2.75, 3.05) is 4.90 Å². The first-order chi connectivity index (χ1) is 8.54. The highest BCUT2D eigenvalue weighted by Gasteiger charge is 2.29. The molecular formula is C14H17N3O. The minimum atomic E-state index is -0.448. The summed E-state index contributed by atoms with van der Waals surface area (Å²) >= 11 is 0. The lowest BCUT2D eigenvalue weighted by Crippen LogP contribution is -2.37. The third-order valence-corrected chi connectivity index (χ3v) is 3.41. The molecule has 94 valence electrons. The van der Waals surface area contributed by atoms with E-state index in [9.17, 15) is 4.91 Å². The largest absolute Gasteiger partial charge is 0.300 e. The van der Waals surface area contributed by atoms with Crippen LogP contribution in [0.2, 0.25) is 0 Å². The molecule has 0 unspecified atom stereocenters. The maximum atomic E-state index is 11.0. The Morgan fingerprint density at radius 1 is 1.39 bits per heavy atom. The number of hydrogen-bond acceptors (Lipinski definition) is 4. The van der Waals surface area contributed by atoms with Crippen LogP contribution in [-0.2, 0) is 0 Å². The zero-order valence-corrected chi connectivity index (χ0v) is 11.0. The molecule has 2 rings (SSSR count). The third-order valence-electron chi connectivity index (χ3n) is 3.41. The number of nitrogens with zero attached hydrogens (tertiary/aromatic N) is 3. The Bertz CT molecular complexity index is 516. The molecule has 0 radical (unpaired) electrons. The molecule has 0 amide bonds. The van der Waals surface area contributed by atoms with Gasteiger partial charge in [-0.25, -0.2) is 4.98 Å². The quantitative estimate of drug-likeness (QED) is 0.746. The van der Waals surface area contributed by atoms with Gasteiger partial charge in [0.2, 0.25) is 0 Å². The minimum Gasteiger partial charge on any atom is -0.300 e. The van der Waals surface area contributed by atoms with Crippen molar-refractivity contribution in [3.63, 3.8) is 0 Å². The number of anilines is 1. The van der Waals surface area contributed by atoms with Gasteiger partial charge in [0.25, 0.3) is 0 Å². The molecule has 1 aliphatic heterocycles. The molecule has 0 spiro atoms. The molecule has 0 N–H and O–H groups in total. The molecule has 0 saturated heterocycles. The van der Waals surface area contributed by atoms with E-state index >= 15 is 0 Å². The molecule has 18 heavy (non-hydrogen) atoms. The zero-order valence-electron chi connectivity index (χ0n) is 11.0. The van der Waals surface area contributed by atoms with E-state index in [0.29, 0.717) is 6.42 Å². The van der Waals surface area contributed by atoms with E-state index in [0.717, 1.165) is 28.2 Å². The third kappa shape index (κ3) is 2.06. The van der Waals surface area contributed by atoms with E-state index in [1.165, 1.54) is 0 Å². The average Bonchev–Trinajstić information content (AvgIpc) is 2.37. The normalized spacial score (nSPS) is 20.3. The van der Waals surface area contributed by atoms with Gasteiger partial charge in [-0.1, -0.05) is 18.2 Å². The van der Waals surface area contributed by atoms with Gasteiger partial charge < -0.3 is 4.90 Å². The Morgan fingerprint density at radius 2 is 2.11 bits per heavy atom. The Labute approximate surface area is 107 Å². The van der Waals surface area contributed by atoms with E-state index in [1.807, 2.05) is 37.8 Å². The highest BCUT2D eigenvalue weighted by molar-refractivity contribution is 5.56. The summed E-state index contributed by atoms with van der Waals surface area (Å²) in [5, 5.41) is 3.20. The van der Waals surface area contributed by atoms with Crippen molar-refractivity contribution < 1.29 is 0 Å². The van der Waals surface area contributed by atoms with Crippen molar-refractivity contribution in [2.24, 2.45) is 5.18 Å². The summed E-state index contributed by atoms with van der Waals surface area (Å²) in [6.45, 7) is 10.1. The van der Waals surface area contributed by atoms with Crippen LogP contribution in [-0.4, -0.2) is 11.1 Å². The van der Waals surface area contributed by atoms with Crippen LogP contribution in [0, 0.1) is 11.8 Å². The Kier molecular flexibility index (Phi) is 3.28. The summed E-state index contributed by atoms with van der Waals surface area (Å²) in [5.41, 5.74) is 4.16. The zero-order chi connectivity index (χ0) is 13.3. The minimum absolute atomic E-state index is 0.448. The van der Waals surface area contributed by atoms with Crippen LogP contribution in [0.3, 0.4) is 0 Å². The molecule has 0 bridgehead atoms. The van der Waals surface area contributed by atoms with Crippen LogP contribution in [0.5, 0.6) is 0 Å². The summed E-state index contributed by atoms with van der Waals surface area (Å²) in [5.74, 6) is 0.724. The lowest BCUT2D eigenvalue weighted by molar-refractivity contribution is 0.620. The SMILES string of the molecule is C=C1C(C)=C(C)C[C@H](N=O)N1c1ccc(C)cn1. The van der Waals surface area contributed by atoms with Gasteiger partial charge in [-0.2, -0.15) is 0 Å². The molecular weight excluding hydrogens is 226 g/mol. The van der Waals surface area contributed by atoms with Gasteiger partial charge in [0.1, 0.15) is 5.82 Å². The van der Waals surface area contributed by atoms with Gasteiger partial charge in [-0.3, -0.25) is 0 Å². The van der Waals surface area contributed by atoms with E-state index in [-0.39, 0.29) is 0 Å². The lowest BCUT2D eigenvalue weighted by atomic mass is 9.98. The second-order valence-corrected chi connectivity index (χ2v) is 4.71. The Hall–Kier alpha value is -1.97. The van der Waals surface area contributed by atoms with E-state index in [2.05, 4.69) is 16.7 Å². The number of aromatic nitrogens is 1. The number of nitroso groups, excluding NO2 is 1. The van der Waals surface area contributed by atoms with Gasteiger partial charge in [-0.05, 0) is 43.2 Å². The van der Waals surface area contributed by atoms with Crippen LogP contribution in [0.15, 0.2) is 46.9 Å². The predicted octanol–water partition coefficient (Wildman–Crippen LogP) is 3.54. The maximum Gasteiger partial charge on any atom is 0.172 e. The van der Waals surface area contributed by atoms with Crippen molar-refractivity contribution in [3.8, 4) is 0 Å². The number of hydrogen-bond donors (Lipinski definition) is 0. The Morgan fingerprint density at radius 3 is 2.67 bits per heavy atom. The fourth-order valence-electron chi connectivity index (χ4n) is 2.10. The van der Waals surface area contributed by atoms with E-state index in [1.54, 1.807) is 6.20 Å². The number of allylic oxidation sites excluding steroid dienone is 1. The number of rotatable bonds is 2. The maximum absolute atomic E-state index is 11.0. The van der Waals surface area contributed by atoms with Crippen LogP contribution < -0.4 is 4.90 Å². The summed E-state index contributed by atoms with van der Waals surface area (Å²) in [6, 6.07) is 3.87. The second-order valence-electron chi connectivity index (χ2n) is 4.71. The molecule has 1 aliphatic rings. The molecule has 0 aromatic carbocycles. The summed E-state index contributed by atoms with van der Waals surface area (Å²) in [7, 11) is 0. The molecule has 0 aliphatic carbocycles. The van der Waals surface area contributed by atoms with Gasteiger partial charge >= 0.3 is 0 Å². The Balaban J connectivity index is 2.44. The summed E-state index contributed by atoms with van der Waals surface area (Å²) in [4.78, 5) is 17.2. The van der Waals surface area contributed by atoms with Crippen LogP contribution in [0.25, 0.3) is 0 Å². The molecule has 2 heterocycles. The van der Waals surface area contributed by atoms with Gasteiger partial charge in [0, 0.05) is 18.3 Å². The van der Waals surface area contributed by atoms with Gasteiger partial charge in [0.15, 0.2) is 6.17 Å². The van der Waals surface area contributed by atoms with Crippen LogP contribution in [0.1, 0.15) is 25.8 Å².